The van der Waals surface area contributed by atoms with Crippen LogP contribution < -0.4 is 4.72 Å². The summed E-state index contributed by atoms with van der Waals surface area (Å²) >= 11 is 0. The number of carbonyl (C=O) groups is 1. The molecule has 156 valence electrons. The summed E-state index contributed by atoms with van der Waals surface area (Å²) in [4.78, 5) is 14.4. The normalized spacial score (nSPS) is 11.2. The molecule has 0 aliphatic rings. The summed E-state index contributed by atoms with van der Waals surface area (Å²) in [7, 11) is -2.08. The lowest BCUT2D eigenvalue weighted by Gasteiger charge is -2.18. The van der Waals surface area contributed by atoms with Crippen molar-refractivity contribution in [2.24, 2.45) is 0 Å². The molecule has 0 saturated heterocycles. The Bertz CT molecular complexity index is 1160. The number of aryl methyl sites for hydroxylation is 2. The predicted molar refractivity (Wildman–Crippen MR) is 115 cm³/mol. The van der Waals surface area contributed by atoms with Gasteiger partial charge < -0.3 is 4.90 Å². The Hall–Kier alpha value is -3.19. The lowest BCUT2D eigenvalue weighted by Crippen LogP contribution is -2.26. The maximum Gasteiger partial charge on any atom is 0.262 e. The Morgan fingerprint density at radius 2 is 1.60 bits per heavy atom. The second-order valence-corrected chi connectivity index (χ2v) is 8.89. The number of hydrogen-bond donors (Lipinski definition) is 1. The molecule has 0 aliphatic carbocycles. The summed E-state index contributed by atoms with van der Waals surface area (Å²) in [6.07, 6.45) is 0. The third kappa shape index (κ3) is 5.04. The standard InChI is InChI=1S/C23H23FN2O3S/c1-16-4-5-17(2)22(14-16)30(28,29)25-21-12-8-19(9-13-21)23(27)26(3)15-18-6-10-20(24)11-7-18/h4-14,25H,15H2,1-3H3. The van der Waals surface area contributed by atoms with E-state index in [4.69, 9.17) is 0 Å². The van der Waals surface area contributed by atoms with E-state index >= 15 is 0 Å². The zero-order valence-corrected chi connectivity index (χ0v) is 17.8. The van der Waals surface area contributed by atoms with Crippen LogP contribution >= 0.6 is 0 Å². The number of sulfonamides is 1. The fourth-order valence-electron chi connectivity index (χ4n) is 3.04. The molecule has 1 N–H and O–H groups in total. The molecule has 3 rings (SSSR count). The highest BCUT2D eigenvalue weighted by Crippen LogP contribution is 2.21. The number of rotatable bonds is 6. The van der Waals surface area contributed by atoms with Crippen molar-refractivity contribution in [2.75, 3.05) is 11.8 Å². The number of nitrogens with zero attached hydrogens (tertiary/aromatic N) is 1. The van der Waals surface area contributed by atoms with Crippen molar-refractivity contribution in [2.45, 2.75) is 25.3 Å². The van der Waals surface area contributed by atoms with E-state index < -0.39 is 10.0 Å². The zero-order chi connectivity index (χ0) is 21.9. The van der Waals surface area contributed by atoms with Crippen LogP contribution in [-0.4, -0.2) is 26.3 Å². The SMILES string of the molecule is Cc1ccc(C)c(S(=O)(=O)Nc2ccc(C(=O)N(C)Cc3ccc(F)cc3)cc2)c1. The molecule has 30 heavy (non-hydrogen) atoms. The zero-order valence-electron chi connectivity index (χ0n) is 17.0. The Balaban J connectivity index is 1.71. The fourth-order valence-corrected chi connectivity index (χ4v) is 4.43. The number of benzene rings is 3. The molecule has 0 aromatic heterocycles. The van der Waals surface area contributed by atoms with Crippen molar-refractivity contribution in [3.8, 4) is 0 Å². The molecule has 0 aliphatic heterocycles. The van der Waals surface area contributed by atoms with Crippen molar-refractivity contribution in [3.05, 3.63) is 94.8 Å². The van der Waals surface area contributed by atoms with E-state index in [1.807, 2.05) is 13.0 Å². The molecule has 0 unspecified atom stereocenters. The minimum absolute atomic E-state index is 0.219. The van der Waals surface area contributed by atoms with Crippen molar-refractivity contribution in [1.82, 2.24) is 4.90 Å². The van der Waals surface area contributed by atoms with Crippen LogP contribution in [0, 0.1) is 19.7 Å². The van der Waals surface area contributed by atoms with E-state index in [2.05, 4.69) is 4.72 Å². The van der Waals surface area contributed by atoms with Crippen LogP contribution in [0.5, 0.6) is 0 Å². The van der Waals surface area contributed by atoms with E-state index in [-0.39, 0.29) is 16.6 Å². The summed E-state index contributed by atoms with van der Waals surface area (Å²) < 4.78 is 41.0. The van der Waals surface area contributed by atoms with Crippen LogP contribution in [0.1, 0.15) is 27.0 Å². The van der Waals surface area contributed by atoms with E-state index in [1.165, 1.54) is 17.0 Å². The molecule has 3 aromatic rings. The van der Waals surface area contributed by atoms with Gasteiger partial charge in [-0.15, -0.1) is 0 Å². The van der Waals surface area contributed by atoms with Crippen LogP contribution in [0.3, 0.4) is 0 Å². The second-order valence-electron chi connectivity index (χ2n) is 7.24. The molecule has 3 aromatic carbocycles. The number of amides is 1. The number of hydrogen-bond acceptors (Lipinski definition) is 3. The van der Waals surface area contributed by atoms with Gasteiger partial charge in [-0.2, -0.15) is 0 Å². The van der Waals surface area contributed by atoms with E-state index in [9.17, 15) is 17.6 Å². The van der Waals surface area contributed by atoms with Gasteiger partial charge in [-0.3, -0.25) is 9.52 Å². The van der Waals surface area contributed by atoms with Gasteiger partial charge in [0, 0.05) is 24.8 Å². The minimum atomic E-state index is -3.74. The first-order valence-electron chi connectivity index (χ1n) is 9.36. The first-order valence-corrected chi connectivity index (χ1v) is 10.8. The topological polar surface area (TPSA) is 66.5 Å². The Morgan fingerprint density at radius 3 is 2.23 bits per heavy atom. The molecule has 0 saturated carbocycles. The van der Waals surface area contributed by atoms with Gasteiger partial charge in [0.2, 0.25) is 0 Å². The third-order valence-electron chi connectivity index (χ3n) is 4.70. The molecule has 5 nitrogen and oxygen atoms in total. The molecule has 0 spiro atoms. The molecule has 0 heterocycles. The lowest BCUT2D eigenvalue weighted by molar-refractivity contribution is 0.0785. The molecule has 1 amide bonds. The van der Waals surface area contributed by atoms with Crippen molar-refractivity contribution >= 4 is 21.6 Å². The summed E-state index contributed by atoms with van der Waals surface area (Å²) in [5, 5.41) is 0. The average Bonchev–Trinajstić information content (AvgIpc) is 2.71. The molecular weight excluding hydrogens is 403 g/mol. The van der Waals surface area contributed by atoms with Gasteiger partial charge in [-0.25, -0.2) is 12.8 Å². The van der Waals surface area contributed by atoms with E-state index in [0.717, 1.165) is 11.1 Å². The third-order valence-corrected chi connectivity index (χ3v) is 6.22. The fraction of sp³-hybridized carbons (Fsp3) is 0.174. The summed E-state index contributed by atoms with van der Waals surface area (Å²) in [5.74, 6) is -0.546. The number of carbonyl (C=O) groups excluding carboxylic acids is 1. The monoisotopic (exact) mass is 426 g/mol. The molecule has 0 bridgehead atoms. The van der Waals surface area contributed by atoms with Crippen molar-refractivity contribution in [1.29, 1.82) is 0 Å². The highest BCUT2D eigenvalue weighted by atomic mass is 32.2. The van der Waals surface area contributed by atoms with Gasteiger partial charge in [0.25, 0.3) is 15.9 Å². The van der Waals surface area contributed by atoms with Gasteiger partial charge in [0.1, 0.15) is 5.82 Å². The van der Waals surface area contributed by atoms with E-state index in [1.54, 1.807) is 62.5 Å². The minimum Gasteiger partial charge on any atom is -0.337 e. The molecule has 7 heteroatoms. The van der Waals surface area contributed by atoms with Crippen LogP contribution in [-0.2, 0) is 16.6 Å². The van der Waals surface area contributed by atoms with Crippen LogP contribution in [0.15, 0.2) is 71.6 Å². The van der Waals surface area contributed by atoms with Crippen molar-refractivity contribution < 1.29 is 17.6 Å². The second kappa shape index (κ2) is 8.67. The molecule has 0 atom stereocenters. The lowest BCUT2D eigenvalue weighted by atomic mass is 10.1. The number of halogens is 1. The first kappa shape index (κ1) is 21.5. The van der Waals surface area contributed by atoms with Crippen LogP contribution in [0.2, 0.25) is 0 Å². The van der Waals surface area contributed by atoms with Gasteiger partial charge in [0.15, 0.2) is 0 Å². The summed E-state index contributed by atoms with van der Waals surface area (Å²) in [6, 6.07) is 17.5. The number of anilines is 1. The van der Waals surface area contributed by atoms with Crippen molar-refractivity contribution in [3.63, 3.8) is 0 Å². The largest absolute Gasteiger partial charge is 0.337 e. The molecular formula is C23H23FN2O3S. The maximum atomic E-state index is 13.0. The Labute approximate surface area is 176 Å². The highest BCUT2D eigenvalue weighted by Gasteiger charge is 2.18. The molecule has 0 radical (unpaired) electrons. The van der Waals surface area contributed by atoms with Gasteiger partial charge in [-0.1, -0.05) is 24.3 Å². The average molecular weight is 427 g/mol. The van der Waals surface area contributed by atoms with Crippen LogP contribution in [0.25, 0.3) is 0 Å². The van der Waals surface area contributed by atoms with Gasteiger partial charge in [0.05, 0.1) is 4.90 Å². The Kier molecular flexibility index (Phi) is 6.22. The van der Waals surface area contributed by atoms with Gasteiger partial charge in [-0.05, 0) is 73.0 Å². The predicted octanol–water partition coefficient (Wildman–Crippen LogP) is 4.52. The Morgan fingerprint density at radius 1 is 0.967 bits per heavy atom. The maximum absolute atomic E-state index is 13.0. The first-order chi connectivity index (χ1) is 14.2. The quantitative estimate of drug-likeness (QED) is 0.630. The van der Waals surface area contributed by atoms with Crippen LogP contribution in [0.4, 0.5) is 10.1 Å². The van der Waals surface area contributed by atoms with E-state index in [0.29, 0.717) is 23.4 Å². The van der Waals surface area contributed by atoms with Gasteiger partial charge >= 0.3 is 0 Å². The summed E-state index contributed by atoms with van der Waals surface area (Å²) in [5.41, 5.74) is 3.11. The smallest absolute Gasteiger partial charge is 0.262 e. The summed E-state index contributed by atoms with van der Waals surface area (Å²) in [6.45, 7) is 3.91. The highest BCUT2D eigenvalue weighted by molar-refractivity contribution is 7.92. The molecule has 0 fully saturated rings. The number of nitrogens with one attached hydrogen (secondary N) is 1.